The van der Waals surface area contributed by atoms with E-state index in [9.17, 15) is 8.42 Å². The van der Waals surface area contributed by atoms with Crippen LogP contribution in [0.3, 0.4) is 0 Å². The van der Waals surface area contributed by atoms with Crippen molar-refractivity contribution in [3.63, 3.8) is 0 Å². The third kappa shape index (κ3) is 3.76. The first-order valence-corrected chi connectivity index (χ1v) is 9.40. The number of nitrogens with zero attached hydrogens (tertiary/aromatic N) is 2. The Morgan fingerprint density at radius 2 is 2.10 bits per heavy atom. The molecule has 0 spiro atoms. The van der Waals surface area contributed by atoms with E-state index < -0.39 is 10.0 Å². The lowest BCUT2D eigenvalue weighted by Crippen LogP contribution is -2.13. The van der Waals surface area contributed by atoms with E-state index in [0.717, 1.165) is 17.1 Å². The molecule has 1 heterocycles. The first-order valence-electron chi connectivity index (χ1n) is 5.36. The van der Waals surface area contributed by atoms with Crippen molar-refractivity contribution in [2.75, 3.05) is 10.5 Å². The SMILES string of the molecule is CCSc1nnc(NS(=O)(=O)c2cc(Cl)ccc2Cl)s1. The smallest absolute Gasteiger partial charge is 0.253 e. The normalized spacial score (nSPS) is 11.6. The Balaban J connectivity index is 2.28. The van der Waals surface area contributed by atoms with Crippen molar-refractivity contribution in [3.8, 4) is 0 Å². The topological polar surface area (TPSA) is 72.0 Å². The van der Waals surface area contributed by atoms with Gasteiger partial charge in [0.1, 0.15) is 4.90 Å². The Bertz CT molecular complexity index is 718. The zero-order valence-electron chi connectivity index (χ0n) is 10.1. The van der Waals surface area contributed by atoms with Crippen molar-refractivity contribution in [1.29, 1.82) is 0 Å². The second kappa shape index (κ2) is 6.48. The Morgan fingerprint density at radius 1 is 1.35 bits per heavy atom. The molecular formula is C10H9Cl2N3O2S3. The van der Waals surface area contributed by atoms with Crippen LogP contribution in [-0.4, -0.2) is 24.4 Å². The van der Waals surface area contributed by atoms with Crippen molar-refractivity contribution in [2.45, 2.75) is 16.2 Å². The summed E-state index contributed by atoms with van der Waals surface area (Å²) in [4.78, 5) is -0.0911. The zero-order valence-corrected chi connectivity index (χ0v) is 14.1. The van der Waals surface area contributed by atoms with E-state index in [-0.39, 0.29) is 20.1 Å². The standard InChI is InChI=1S/C10H9Cl2N3O2S3/c1-2-18-10-14-13-9(19-10)15-20(16,17)8-5-6(11)3-4-7(8)12/h3-5H,2H2,1H3,(H,13,15). The minimum Gasteiger partial charge on any atom is -0.253 e. The number of halogens is 2. The van der Waals surface area contributed by atoms with Crippen LogP contribution < -0.4 is 4.72 Å². The molecule has 5 nitrogen and oxygen atoms in total. The zero-order chi connectivity index (χ0) is 14.8. The number of thioether (sulfide) groups is 1. The van der Waals surface area contributed by atoms with Crippen molar-refractivity contribution in [1.82, 2.24) is 10.2 Å². The fourth-order valence-corrected chi connectivity index (χ4v) is 4.93. The van der Waals surface area contributed by atoms with Gasteiger partial charge >= 0.3 is 0 Å². The summed E-state index contributed by atoms with van der Waals surface area (Å²) < 4.78 is 27.5. The first-order chi connectivity index (χ1) is 9.42. The van der Waals surface area contributed by atoms with Gasteiger partial charge < -0.3 is 0 Å². The van der Waals surface area contributed by atoms with E-state index in [1.165, 1.54) is 30.0 Å². The molecule has 0 fully saturated rings. The van der Waals surface area contributed by atoms with Gasteiger partial charge in [0.05, 0.1) is 5.02 Å². The summed E-state index contributed by atoms with van der Waals surface area (Å²) in [5.41, 5.74) is 0. The summed E-state index contributed by atoms with van der Waals surface area (Å²) >= 11 is 14.3. The van der Waals surface area contributed by atoms with Gasteiger partial charge in [-0.1, -0.05) is 53.2 Å². The molecule has 0 amide bonds. The summed E-state index contributed by atoms with van der Waals surface area (Å²) in [6.45, 7) is 1.97. The van der Waals surface area contributed by atoms with E-state index in [2.05, 4.69) is 14.9 Å². The summed E-state index contributed by atoms with van der Waals surface area (Å²) in [5.74, 6) is 0.835. The van der Waals surface area contributed by atoms with Gasteiger partial charge in [0.2, 0.25) is 5.13 Å². The molecule has 0 atom stereocenters. The molecular weight excluding hydrogens is 361 g/mol. The predicted molar refractivity (Wildman–Crippen MR) is 83.6 cm³/mol. The molecule has 0 radical (unpaired) electrons. The predicted octanol–water partition coefficient (Wildman–Crippen LogP) is 3.76. The van der Waals surface area contributed by atoms with Gasteiger partial charge in [-0.25, -0.2) is 8.42 Å². The van der Waals surface area contributed by atoms with Crippen LogP contribution in [0.4, 0.5) is 5.13 Å². The first kappa shape index (κ1) is 15.8. The van der Waals surface area contributed by atoms with E-state index in [1.54, 1.807) is 0 Å². The van der Waals surface area contributed by atoms with Gasteiger partial charge in [-0.05, 0) is 24.0 Å². The molecule has 0 bridgehead atoms. The number of anilines is 1. The quantitative estimate of drug-likeness (QED) is 0.812. The van der Waals surface area contributed by atoms with Crippen molar-refractivity contribution < 1.29 is 8.42 Å². The fourth-order valence-electron chi connectivity index (χ4n) is 1.29. The van der Waals surface area contributed by atoms with Crippen molar-refractivity contribution in [2.24, 2.45) is 0 Å². The molecule has 0 aliphatic rings. The van der Waals surface area contributed by atoms with Crippen LogP contribution in [0.1, 0.15) is 6.92 Å². The van der Waals surface area contributed by atoms with Gasteiger partial charge in [-0.3, -0.25) is 4.72 Å². The molecule has 0 saturated carbocycles. The van der Waals surface area contributed by atoms with Crippen LogP contribution in [0.15, 0.2) is 27.4 Å². The second-order valence-corrected chi connectivity index (χ2v) is 8.47. The summed E-state index contributed by atoms with van der Waals surface area (Å²) in [6, 6.07) is 4.23. The highest BCUT2D eigenvalue weighted by Crippen LogP contribution is 2.29. The average molecular weight is 370 g/mol. The number of rotatable bonds is 5. The molecule has 2 rings (SSSR count). The van der Waals surface area contributed by atoms with E-state index in [0.29, 0.717) is 4.34 Å². The van der Waals surface area contributed by atoms with Crippen molar-refractivity contribution >= 4 is 61.5 Å². The molecule has 0 aliphatic heterocycles. The molecule has 2 aromatic rings. The van der Waals surface area contributed by atoms with Crippen LogP contribution in [0.5, 0.6) is 0 Å². The lowest BCUT2D eigenvalue weighted by molar-refractivity contribution is 0.601. The van der Waals surface area contributed by atoms with Gasteiger partial charge in [0.25, 0.3) is 10.0 Å². The highest BCUT2D eigenvalue weighted by Gasteiger charge is 2.20. The Hall–Kier alpha value is -0.540. The van der Waals surface area contributed by atoms with E-state index in [1.807, 2.05) is 6.92 Å². The van der Waals surface area contributed by atoms with Gasteiger partial charge in [-0.2, -0.15) is 0 Å². The van der Waals surface area contributed by atoms with E-state index in [4.69, 9.17) is 23.2 Å². The largest absolute Gasteiger partial charge is 0.265 e. The maximum atomic E-state index is 12.2. The number of benzene rings is 1. The second-order valence-electron chi connectivity index (χ2n) is 3.49. The average Bonchev–Trinajstić information content (AvgIpc) is 2.79. The number of hydrogen-bond donors (Lipinski definition) is 1. The maximum absolute atomic E-state index is 12.2. The lowest BCUT2D eigenvalue weighted by Gasteiger charge is -2.06. The number of hydrogen-bond acceptors (Lipinski definition) is 6. The monoisotopic (exact) mass is 369 g/mol. The lowest BCUT2D eigenvalue weighted by atomic mass is 10.4. The van der Waals surface area contributed by atoms with Crippen LogP contribution in [-0.2, 0) is 10.0 Å². The Morgan fingerprint density at radius 3 is 2.80 bits per heavy atom. The molecule has 0 unspecified atom stereocenters. The highest BCUT2D eigenvalue weighted by molar-refractivity contribution is 8.01. The highest BCUT2D eigenvalue weighted by atomic mass is 35.5. The van der Waals surface area contributed by atoms with Crippen LogP contribution >= 0.6 is 46.3 Å². The molecule has 0 saturated heterocycles. The molecule has 20 heavy (non-hydrogen) atoms. The third-order valence-corrected chi connectivity index (χ3v) is 6.12. The minimum absolute atomic E-state index is 0.0911. The number of sulfonamides is 1. The molecule has 10 heteroatoms. The van der Waals surface area contributed by atoms with Crippen LogP contribution in [0.25, 0.3) is 0 Å². The number of nitrogens with one attached hydrogen (secondary N) is 1. The van der Waals surface area contributed by atoms with Crippen LogP contribution in [0.2, 0.25) is 10.0 Å². The molecule has 108 valence electrons. The Kier molecular flexibility index (Phi) is 5.14. The van der Waals surface area contributed by atoms with Gasteiger partial charge in [0.15, 0.2) is 4.34 Å². The molecule has 1 aromatic heterocycles. The van der Waals surface area contributed by atoms with E-state index >= 15 is 0 Å². The summed E-state index contributed by atoms with van der Waals surface area (Å²) in [5, 5.41) is 8.22. The molecule has 0 aliphatic carbocycles. The summed E-state index contributed by atoms with van der Waals surface area (Å²) in [6.07, 6.45) is 0. The Labute approximate surface area is 134 Å². The van der Waals surface area contributed by atoms with Gasteiger partial charge in [0, 0.05) is 5.02 Å². The van der Waals surface area contributed by atoms with Gasteiger partial charge in [-0.15, -0.1) is 10.2 Å². The number of aromatic nitrogens is 2. The molecule has 1 N–H and O–H groups in total. The van der Waals surface area contributed by atoms with Crippen LogP contribution in [0, 0.1) is 0 Å². The van der Waals surface area contributed by atoms with Crippen molar-refractivity contribution in [3.05, 3.63) is 28.2 Å². The summed E-state index contributed by atoms with van der Waals surface area (Å²) in [7, 11) is -3.84. The maximum Gasteiger partial charge on any atom is 0.265 e. The fraction of sp³-hybridized carbons (Fsp3) is 0.200. The molecule has 1 aromatic carbocycles. The minimum atomic E-state index is -3.84. The third-order valence-electron chi connectivity index (χ3n) is 2.08.